The standard InChI is InChI=1S/C56H54F6N2OS2/c1-51(2,3)35-17-13-31(14-18-35)45-27-41-43(55(57,58)59)29-63-47(49(41)66-45)33-21-37(53(7,8)9)25-39(23-33)65-40-24-34(22-38(26-40)54(10,11)12)48-50-42(44(30-64-48)56(60,61)62)28-46(67-50)32-15-19-36(20-16-32)52(4,5)6/h13-30H,1-12H3. The highest BCUT2D eigenvalue weighted by atomic mass is 32.1. The van der Waals surface area contributed by atoms with Crippen molar-refractivity contribution in [3.63, 3.8) is 0 Å². The molecule has 4 heterocycles. The summed E-state index contributed by atoms with van der Waals surface area (Å²) >= 11 is 2.54. The molecule has 0 N–H and O–H groups in total. The second kappa shape index (κ2) is 16.6. The Balaban J connectivity index is 1.27. The number of nitrogens with zero attached hydrogens (tertiary/aromatic N) is 2. The Morgan fingerprint density at radius 3 is 1.01 bits per heavy atom. The Bertz CT molecular complexity index is 2930. The van der Waals surface area contributed by atoms with Crippen molar-refractivity contribution in [2.45, 2.75) is 117 Å². The van der Waals surface area contributed by atoms with E-state index < -0.39 is 34.3 Å². The first-order chi connectivity index (χ1) is 30.9. The van der Waals surface area contributed by atoms with Crippen LogP contribution >= 0.6 is 22.7 Å². The van der Waals surface area contributed by atoms with E-state index >= 15 is 0 Å². The Labute approximate surface area is 396 Å². The maximum atomic E-state index is 14.6. The summed E-state index contributed by atoms with van der Waals surface area (Å²) in [5, 5.41) is 0.134. The number of alkyl halides is 6. The molecule has 0 aliphatic carbocycles. The van der Waals surface area contributed by atoms with Crippen molar-refractivity contribution >= 4 is 42.8 Å². The molecule has 0 saturated heterocycles. The van der Waals surface area contributed by atoms with E-state index in [1.165, 1.54) is 22.7 Å². The van der Waals surface area contributed by atoms with Gasteiger partial charge >= 0.3 is 12.4 Å². The lowest BCUT2D eigenvalue weighted by atomic mass is 9.85. The molecule has 3 nitrogen and oxygen atoms in total. The van der Waals surface area contributed by atoms with E-state index in [0.29, 0.717) is 53.2 Å². The van der Waals surface area contributed by atoms with Crippen molar-refractivity contribution in [2.75, 3.05) is 0 Å². The molecule has 0 amide bonds. The number of ether oxygens (including phenoxy) is 1. The molecule has 0 atom stereocenters. The summed E-state index contributed by atoms with van der Waals surface area (Å²) in [4.78, 5) is 10.4. The number of rotatable bonds is 6. The van der Waals surface area contributed by atoms with Crippen molar-refractivity contribution in [3.8, 4) is 54.9 Å². The van der Waals surface area contributed by atoms with Crippen LogP contribution in [0.1, 0.15) is 116 Å². The van der Waals surface area contributed by atoms with Gasteiger partial charge in [-0.1, -0.05) is 132 Å². The maximum absolute atomic E-state index is 14.6. The van der Waals surface area contributed by atoms with E-state index in [0.717, 1.165) is 45.8 Å². The Kier molecular flexibility index (Phi) is 11.9. The Morgan fingerprint density at radius 2 is 0.716 bits per heavy atom. The third-order valence-corrected chi connectivity index (χ3v) is 14.5. The Morgan fingerprint density at radius 1 is 0.388 bits per heavy atom. The van der Waals surface area contributed by atoms with Crippen LogP contribution in [0, 0.1) is 0 Å². The molecular weight excluding hydrogens is 895 g/mol. The topological polar surface area (TPSA) is 35.0 Å². The largest absolute Gasteiger partial charge is 0.457 e. The van der Waals surface area contributed by atoms with Crippen LogP contribution in [-0.2, 0) is 34.0 Å². The fourth-order valence-electron chi connectivity index (χ4n) is 8.06. The summed E-state index contributed by atoms with van der Waals surface area (Å²) in [7, 11) is 0. The lowest BCUT2D eigenvalue weighted by Crippen LogP contribution is -2.12. The van der Waals surface area contributed by atoms with Gasteiger partial charge in [0.1, 0.15) is 11.5 Å². The average Bonchev–Trinajstić information content (AvgIpc) is 3.87. The predicted octanol–water partition coefficient (Wildman–Crippen LogP) is 18.6. The van der Waals surface area contributed by atoms with E-state index in [4.69, 9.17) is 4.74 Å². The van der Waals surface area contributed by atoms with Gasteiger partial charge in [0.25, 0.3) is 0 Å². The van der Waals surface area contributed by atoms with Crippen LogP contribution in [0.2, 0.25) is 0 Å². The van der Waals surface area contributed by atoms with E-state index in [2.05, 4.69) is 51.5 Å². The molecule has 67 heavy (non-hydrogen) atoms. The molecule has 348 valence electrons. The summed E-state index contributed by atoms with van der Waals surface area (Å²) in [5.41, 5.74) is 4.91. The summed E-state index contributed by atoms with van der Waals surface area (Å²) in [6, 6.07) is 30.4. The van der Waals surface area contributed by atoms with Crippen LogP contribution in [0.25, 0.3) is 63.6 Å². The van der Waals surface area contributed by atoms with E-state index in [-0.39, 0.29) is 21.6 Å². The molecule has 8 rings (SSSR count). The van der Waals surface area contributed by atoms with E-state index in [1.54, 1.807) is 24.3 Å². The zero-order valence-corrected chi connectivity index (χ0v) is 41.4. The number of thiophene rings is 2. The van der Waals surface area contributed by atoms with Crippen molar-refractivity contribution in [1.29, 1.82) is 0 Å². The van der Waals surface area contributed by atoms with Gasteiger partial charge < -0.3 is 4.74 Å². The number of fused-ring (bicyclic) bond motifs is 2. The van der Waals surface area contributed by atoms with Gasteiger partial charge in [-0.25, -0.2) is 0 Å². The molecule has 0 bridgehead atoms. The van der Waals surface area contributed by atoms with Crippen LogP contribution in [0.4, 0.5) is 26.3 Å². The molecule has 0 radical (unpaired) electrons. The van der Waals surface area contributed by atoms with Gasteiger partial charge in [-0.05, 0) is 104 Å². The van der Waals surface area contributed by atoms with Gasteiger partial charge in [-0.15, -0.1) is 22.7 Å². The van der Waals surface area contributed by atoms with Crippen LogP contribution in [0.5, 0.6) is 11.5 Å². The van der Waals surface area contributed by atoms with Crippen molar-refractivity contribution in [2.24, 2.45) is 0 Å². The molecule has 8 aromatic rings. The zero-order chi connectivity index (χ0) is 48.8. The molecule has 11 heteroatoms. The molecule has 0 saturated carbocycles. The summed E-state index contributed by atoms with van der Waals surface area (Å²) in [6.45, 7) is 24.9. The summed E-state index contributed by atoms with van der Waals surface area (Å²) < 4.78 is 95.3. The average molecular weight is 949 g/mol. The van der Waals surface area contributed by atoms with Crippen LogP contribution in [0.15, 0.2) is 109 Å². The normalized spacial score (nSPS) is 13.2. The quantitative estimate of drug-likeness (QED) is 0.156. The molecule has 0 spiro atoms. The van der Waals surface area contributed by atoms with Gasteiger partial charge in [0, 0.05) is 44.0 Å². The minimum absolute atomic E-state index is 0.0672. The molecule has 0 unspecified atom stereocenters. The minimum Gasteiger partial charge on any atom is -0.457 e. The first-order valence-electron chi connectivity index (χ1n) is 22.2. The molecular formula is C56H54F6N2OS2. The van der Waals surface area contributed by atoms with Crippen LogP contribution in [-0.4, -0.2) is 9.97 Å². The van der Waals surface area contributed by atoms with Gasteiger partial charge in [-0.3, -0.25) is 9.97 Å². The first kappa shape index (κ1) is 48.0. The fraction of sp³-hybridized carbons (Fsp3) is 0.321. The molecule has 4 aromatic heterocycles. The first-order valence-corrected chi connectivity index (χ1v) is 23.8. The highest BCUT2D eigenvalue weighted by molar-refractivity contribution is 7.23. The Hall–Kier alpha value is -5.52. The minimum atomic E-state index is -4.63. The van der Waals surface area contributed by atoms with Crippen molar-refractivity contribution < 1.29 is 31.1 Å². The lowest BCUT2D eigenvalue weighted by molar-refractivity contribution is -0.137. The van der Waals surface area contributed by atoms with Crippen LogP contribution in [0.3, 0.4) is 0 Å². The second-order valence-corrected chi connectivity index (χ2v) is 23.6. The monoisotopic (exact) mass is 948 g/mol. The van der Waals surface area contributed by atoms with Gasteiger partial charge in [0.05, 0.1) is 31.9 Å². The molecule has 4 aromatic carbocycles. The van der Waals surface area contributed by atoms with E-state index in [1.807, 2.05) is 114 Å². The van der Waals surface area contributed by atoms with Gasteiger partial charge in [0.2, 0.25) is 0 Å². The predicted molar refractivity (Wildman–Crippen MR) is 266 cm³/mol. The summed E-state index contributed by atoms with van der Waals surface area (Å²) in [6.07, 6.45) is -7.44. The van der Waals surface area contributed by atoms with Crippen molar-refractivity contribution in [1.82, 2.24) is 9.97 Å². The van der Waals surface area contributed by atoms with Gasteiger partial charge in [0.15, 0.2) is 0 Å². The SMILES string of the molecule is CC(C)(C)c1ccc(-c2cc3c(C(F)(F)F)cnc(-c4cc(Oc5cc(-c6ncc(C(F)(F)F)c7cc(-c8ccc(C(C)(C)C)cc8)sc67)cc(C(C)(C)C)c5)cc(C(C)(C)C)c4)c3s2)cc1. The fourth-order valence-corrected chi connectivity index (χ4v) is 10.4. The number of benzene rings is 4. The molecule has 0 aliphatic heterocycles. The smallest absolute Gasteiger partial charge is 0.418 e. The highest BCUT2D eigenvalue weighted by Gasteiger charge is 2.36. The number of hydrogen-bond donors (Lipinski definition) is 0. The highest BCUT2D eigenvalue weighted by Crippen LogP contribution is 2.48. The third kappa shape index (κ3) is 9.91. The van der Waals surface area contributed by atoms with Crippen molar-refractivity contribution in [3.05, 3.63) is 143 Å². The maximum Gasteiger partial charge on any atom is 0.418 e. The molecule has 0 aliphatic rings. The zero-order valence-electron chi connectivity index (χ0n) is 39.8. The van der Waals surface area contributed by atoms with E-state index in [9.17, 15) is 26.3 Å². The number of hydrogen-bond acceptors (Lipinski definition) is 5. The van der Waals surface area contributed by atoms with Crippen LogP contribution < -0.4 is 4.74 Å². The number of pyridine rings is 2. The lowest BCUT2D eigenvalue weighted by Gasteiger charge is -2.23. The number of aromatic nitrogens is 2. The van der Waals surface area contributed by atoms with Gasteiger partial charge in [-0.2, -0.15) is 26.3 Å². The second-order valence-electron chi connectivity index (χ2n) is 21.5. The third-order valence-electron chi connectivity index (χ3n) is 12.1. The molecule has 0 fully saturated rings. The number of halogens is 6. The summed E-state index contributed by atoms with van der Waals surface area (Å²) in [5.74, 6) is 0.845.